The summed E-state index contributed by atoms with van der Waals surface area (Å²) in [5.74, 6) is 0. The first-order chi connectivity index (χ1) is 7.61. The van der Waals surface area contributed by atoms with E-state index in [0.717, 1.165) is 17.2 Å². The molecule has 0 radical (unpaired) electrons. The molecule has 0 aliphatic rings. The van der Waals surface area contributed by atoms with Crippen LogP contribution >= 0.6 is 11.3 Å². The third-order valence-electron chi connectivity index (χ3n) is 2.51. The highest BCUT2D eigenvalue weighted by Gasteiger charge is 2.16. The molecule has 2 rings (SSSR count). The second-order valence-corrected chi connectivity index (χ2v) is 5.33. The van der Waals surface area contributed by atoms with E-state index >= 15 is 0 Å². The summed E-state index contributed by atoms with van der Waals surface area (Å²) < 4.78 is 6.56. The molecule has 1 aromatic carbocycles. The number of aromatic nitrogens is 1. The molecule has 16 heavy (non-hydrogen) atoms. The van der Waals surface area contributed by atoms with Gasteiger partial charge in [0.05, 0.1) is 15.8 Å². The summed E-state index contributed by atoms with van der Waals surface area (Å²) in [5, 5.41) is 4.26. The van der Waals surface area contributed by atoms with Crippen LogP contribution in [0.4, 0.5) is 5.13 Å². The Morgan fingerprint density at radius 2 is 2.12 bits per heavy atom. The number of nitrogens with one attached hydrogen (secondary N) is 1. The van der Waals surface area contributed by atoms with Crippen molar-refractivity contribution in [3.8, 4) is 0 Å². The standard InChI is InChI=1S/C12H16N2OS/c1-12(2,15-3)8-13-11-14-9-6-4-5-7-10(9)16-11/h4-7H,8H2,1-3H3,(H,13,14). The molecule has 3 nitrogen and oxygen atoms in total. The van der Waals surface area contributed by atoms with Crippen LogP contribution in [0, 0.1) is 0 Å². The fourth-order valence-corrected chi connectivity index (χ4v) is 2.17. The van der Waals surface area contributed by atoms with Gasteiger partial charge < -0.3 is 10.1 Å². The lowest BCUT2D eigenvalue weighted by atomic mass is 10.1. The molecule has 0 aliphatic heterocycles. The average molecular weight is 236 g/mol. The highest BCUT2D eigenvalue weighted by molar-refractivity contribution is 7.22. The summed E-state index contributed by atoms with van der Waals surface area (Å²) >= 11 is 1.67. The second kappa shape index (κ2) is 4.39. The van der Waals surface area contributed by atoms with Crippen LogP contribution in [0.1, 0.15) is 13.8 Å². The van der Waals surface area contributed by atoms with Crippen LogP contribution in [0.25, 0.3) is 10.2 Å². The summed E-state index contributed by atoms with van der Waals surface area (Å²) in [5.41, 5.74) is 0.878. The Morgan fingerprint density at radius 3 is 2.81 bits per heavy atom. The van der Waals surface area contributed by atoms with Gasteiger partial charge in [-0.25, -0.2) is 4.98 Å². The Labute approximate surface area is 99.5 Å². The van der Waals surface area contributed by atoms with E-state index in [0.29, 0.717) is 0 Å². The first kappa shape index (κ1) is 11.4. The Balaban J connectivity index is 2.10. The monoisotopic (exact) mass is 236 g/mol. The molecule has 0 saturated heterocycles. The van der Waals surface area contributed by atoms with Crippen LogP contribution in [0.15, 0.2) is 24.3 Å². The highest BCUT2D eigenvalue weighted by Crippen LogP contribution is 2.25. The largest absolute Gasteiger partial charge is 0.377 e. The molecule has 0 atom stereocenters. The van der Waals surface area contributed by atoms with Crippen LogP contribution in [0.5, 0.6) is 0 Å². The number of methoxy groups -OCH3 is 1. The first-order valence-electron chi connectivity index (χ1n) is 5.25. The molecule has 0 aliphatic carbocycles. The van der Waals surface area contributed by atoms with E-state index in [4.69, 9.17) is 4.74 Å². The second-order valence-electron chi connectivity index (χ2n) is 4.30. The van der Waals surface area contributed by atoms with Gasteiger partial charge >= 0.3 is 0 Å². The third kappa shape index (κ3) is 2.51. The van der Waals surface area contributed by atoms with Gasteiger partial charge in [0.2, 0.25) is 0 Å². The van der Waals surface area contributed by atoms with E-state index in [1.807, 2.05) is 32.0 Å². The SMILES string of the molecule is COC(C)(C)CNc1nc2ccccc2s1. The number of benzene rings is 1. The van der Waals surface area contributed by atoms with E-state index in [2.05, 4.69) is 16.4 Å². The van der Waals surface area contributed by atoms with Gasteiger partial charge in [-0.1, -0.05) is 23.5 Å². The molecule has 0 spiro atoms. The Hall–Kier alpha value is -1.13. The van der Waals surface area contributed by atoms with Crippen molar-refractivity contribution in [2.24, 2.45) is 0 Å². The zero-order valence-electron chi connectivity index (χ0n) is 9.78. The number of nitrogens with zero attached hydrogens (tertiary/aromatic N) is 1. The number of ether oxygens (including phenoxy) is 1. The zero-order valence-corrected chi connectivity index (χ0v) is 10.6. The number of hydrogen-bond acceptors (Lipinski definition) is 4. The number of anilines is 1. The smallest absolute Gasteiger partial charge is 0.183 e. The van der Waals surface area contributed by atoms with Crippen LogP contribution in [0.2, 0.25) is 0 Å². The minimum atomic E-state index is -0.169. The lowest BCUT2D eigenvalue weighted by Gasteiger charge is -2.22. The molecule has 0 unspecified atom stereocenters. The number of fused-ring (bicyclic) bond motifs is 1. The quantitative estimate of drug-likeness (QED) is 0.885. The van der Waals surface area contributed by atoms with Gasteiger partial charge in [-0.05, 0) is 26.0 Å². The lowest BCUT2D eigenvalue weighted by Crippen LogP contribution is -2.31. The van der Waals surface area contributed by atoms with E-state index in [-0.39, 0.29) is 5.60 Å². The van der Waals surface area contributed by atoms with Crippen molar-refractivity contribution in [2.75, 3.05) is 19.0 Å². The fraction of sp³-hybridized carbons (Fsp3) is 0.417. The summed E-state index contributed by atoms with van der Waals surface area (Å²) in [6.45, 7) is 4.85. The minimum absolute atomic E-state index is 0.169. The summed E-state index contributed by atoms with van der Waals surface area (Å²) in [7, 11) is 1.72. The van der Waals surface area contributed by atoms with Crippen molar-refractivity contribution in [3.05, 3.63) is 24.3 Å². The molecule has 86 valence electrons. The summed E-state index contributed by atoms with van der Waals surface area (Å²) in [6, 6.07) is 8.15. The fourth-order valence-electron chi connectivity index (χ4n) is 1.31. The van der Waals surface area contributed by atoms with E-state index in [1.165, 1.54) is 4.70 Å². The maximum absolute atomic E-state index is 5.35. The van der Waals surface area contributed by atoms with Gasteiger partial charge in [0, 0.05) is 13.7 Å². The summed E-state index contributed by atoms with van der Waals surface area (Å²) in [6.07, 6.45) is 0. The van der Waals surface area contributed by atoms with Gasteiger partial charge in [0.25, 0.3) is 0 Å². The van der Waals surface area contributed by atoms with Crippen molar-refractivity contribution in [2.45, 2.75) is 19.4 Å². The molecular weight excluding hydrogens is 220 g/mol. The molecule has 1 heterocycles. The Kier molecular flexibility index (Phi) is 3.12. The Morgan fingerprint density at radius 1 is 1.38 bits per heavy atom. The molecule has 1 N–H and O–H groups in total. The van der Waals surface area contributed by atoms with Crippen LogP contribution in [-0.4, -0.2) is 24.2 Å². The molecule has 1 aromatic heterocycles. The molecule has 0 saturated carbocycles. The van der Waals surface area contributed by atoms with Gasteiger partial charge in [-0.2, -0.15) is 0 Å². The molecule has 0 bridgehead atoms. The van der Waals surface area contributed by atoms with Crippen molar-refractivity contribution < 1.29 is 4.74 Å². The molecule has 0 amide bonds. The topological polar surface area (TPSA) is 34.1 Å². The maximum atomic E-state index is 5.35. The van der Waals surface area contributed by atoms with Crippen molar-refractivity contribution in [1.82, 2.24) is 4.98 Å². The maximum Gasteiger partial charge on any atom is 0.183 e. The predicted octanol–water partition coefficient (Wildman–Crippen LogP) is 3.13. The zero-order chi connectivity index (χ0) is 11.6. The first-order valence-corrected chi connectivity index (χ1v) is 6.07. The molecule has 2 aromatic rings. The number of hydrogen-bond donors (Lipinski definition) is 1. The number of para-hydroxylation sites is 1. The summed E-state index contributed by atoms with van der Waals surface area (Å²) in [4.78, 5) is 4.50. The highest BCUT2D eigenvalue weighted by atomic mass is 32.1. The van der Waals surface area contributed by atoms with Crippen molar-refractivity contribution in [1.29, 1.82) is 0 Å². The molecular formula is C12H16N2OS. The van der Waals surface area contributed by atoms with Gasteiger partial charge in [-0.3, -0.25) is 0 Å². The Bertz CT molecular complexity index is 446. The van der Waals surface area contributed by atoms with Gasteiger partial charge in [-0.15, -0.1) is 0 Å². The van der Waals surface area contributed by atoms with E-state index in [9.17, 15) is 0 Å². The number of rotatable bonds is 4. The van der Waals surface area contributed by atoms with E-state index < -0.39 is 0 Å². The average Bonchev–Trinajstić information content (AvgIpc) is 2.69. The van der Waals surface area contributed by atoms with Gasteiger partial charge in [0.1, 0.15) is 0 Å². The molecule has 0 fully saturated rings. The van der Waals surface area contributed by atoms with Crippen LogP contribution in [0.3, 0.4) is 0 Å². The van der Waals surface area contributed by atoms with Crippen LogP contribution in [-0.2, 0) is 4.74 Å². The van der Waals surface area contributed by atoms with Crippen molar-refractivity contribution in [3.63, 3.8) is 0 Å². The lowest BCUT2D eigenvalue weighted by molar-refractivity contribution is 0.0344. The third-order valence-corrected chi connectivity index (χ3v) is 3.51. The normalized spacial score (nSPS) is 11.9. The number of thiazole rings is 1. The minimum Gasteiger partial charge on any atom is -0.377 e. The van der Waals surface area contributed by atoms with E-state index in [1.54, 1.807) is 18.4 Å². The van der Waals surface area contributed by atoms with Crippen LogP contribution < -0.4 is 5.32 Å². The molecule has 4 heteroatoms. The predicted molar refractivity (Wildman–Crippen MR) is 69.2 cm³/mol. The van der Waals surface area contributed by atoms with Gasteiger partial charge in [0.15, 0.2) is 5.13 Å². The van der Waals surface area contributed by atoms with Crippen molar-refractivity contribution >= 4 is 26.7 Å².